The monoisotopic (exact) mass is 428 g/mol. The lowest BCUT2D eigenvalue weighted by atomic mass is 9.83. The van der Waals surface area contributed by atoms with Gasteiger partial charge in [0.15, 0.2) is 0 Å². The maximum atomic E-state index is 13.1. The van der Waals surface area contributed by atoms with E-state index >= 15 is 0 Å². The van der Waals surface area contributed by atoms with Crippen LogP contribution in [0.1, 0.15) is 41.7 Å². The number of benzene rings is 2. The number of nitrogens with zero attached hydrogens (tertiary/aromatic N) is 2. The summed E-state index contributed by atoms with van der Waals surface area (Å²) in [5.74, 6) is -0.668. The maximum Gasteiger partial charge on any atom is 0.268 e. The van der Waals surface area contributed by atoms with E-state index in [0.29, 0.717) is 18.5 Å². The SMILES string of the molecule is Cn1c(C(=O)N[C@H]2CCCC[C@H]2C(=O)N[C@H](C#N)Cc2ccccc2)cc2ccccc21. The molecule has 0 unspecified atom stereocenters. The number of fused-ring (bicyclic) bond motifs is 1. The first kappa shape index (κ1) is 21.6. The van der Waals surface area contributed by atoms with Gasteiger partial charge in [-0.3, -0.25) is 9.59 Å². The van der Waals surface area contributed by atoms with Crippen molar-refractivity contribution in [3.05, 3.63) is 71.9 Å². The number of hydrogen-bond acceptors (Lipinski definition) is 3. The minimum absolute atomic E-state index is 0.158. The molecule has 3 aromatic rings. The van der Waals surface area contributed by atoms with E-state index in [0.717, 1.165) is 35.7 Å². The number of carbonyl (C=O) groups excluding carboxylic acids is 2. The zero-order valence-electron chi connectivity index (χ0n) is 18.3. The molecule has 0 saturated heterocycles. The Hall–Kier alpha value is -3.59. The van der Waals surface area contributed by atoms with E-state index in [4.69, 9.17) is 0 Å². The molecule has 2 N–H and O–H groups in total. The van der Waals surface area contributed by atoms with Gasteiger partial charge in [-0.2, -0.15) is 5.26 Å². The fourth-order valence-corrected chi connectivity index (χ4v) is 4.62. The molecule has 0 spiro atoms. The first-order valence-electron chi connectivity index (χ1n) is 11.2. The minimum Gasteiger partial charge on any atom is -0.347 e. The van der Waals surface area contributed by atoms with Crippen molar-refractivity contribution >= 4 is 22.7 Å². The van der Waals surface area contributed by atoms with Gasteiger partial charge in [-0.15, -0.1) is 0 Å². The van der Waals surface area contributed by atoms with E-state index in [1.807, 2.05) is 72.3 Å². The summed E-state index contributed by atoms with van der Waals surface area (Å²) in [6.45, 7) is 0. The summed E-state index contributed by atoms with van der Waals surface area (Å²) in [4.78, 5) is 26.2. The first-order valence-corrected chi connectivity index (χ1v) is 11.2. The number of nitrogens with one attached hydrogen (secondary N) is 2. The predicted molar refractivity (Wildman–Crippen MR) is 124 cm³/mol. The highest BCUT2D eigenvalue weighted by molar-refractivity contribution is 5.99. The molecule has 164 valence electrons. The van der Waals surface area contributed by atoms with Crippen LogP contribution < -0.4 is 10.6 Å². The Morgan fingerprint density at radius 2 is 1.81 bits per heavy atom. The van der Waals surface area contributed by atoms with E-state index in [2.05, 4.69) is 16.7 Å². The van der Waals surface area contributed by atoms with E-state index < -0.39 is 6.04 Å². The van der Waals surface area contributed by atoms with Crippen LogP contribution in [-0.4, -0.2) is 28.5 Å². The van der Waals surface area contributed by atoms with Gasteiger partial charge in [0, 0.05) is 30.4 Å². The van der Waals surface area contributed by atoms with Crippen LogP contribution in [0.15, 0.2) is 60.7 Å². The molecule has 0 aliphatic heterocycles. The molecular formula is C26H28N4O2. The minimum atomic E-state index is -0.596. The van der Waals surface area contributed by atoms with Gasteiger partial charge in [0.25, 0.3) is 5.91 Å². The van der Waals surface area contributed by atoms with Crippen LogP contribution in [0.4, 0.5) is 0 Å². The van der Waals surface area contributed by atoms with Crippen LogP contribution in [0, 0.1) is 17.2 Å². The Labute approximate surface area is 188 Å². The van der Waals surface area contributed by atoms with E-state index in [1.165, 1.54) is 0 Å². The molecule has 2 amide bonds. The van der Waals surface area contributed by atoms with Gasteiger partial charge in [-0.05, 0) is 30.5 Å². The highest BCUT2D eigenvalue weighted by Gasteiger charge is 2.33. The number of nitriles is 1. The third kappa shape index (κ3) is 4.67. The van der Waals surface area contributed by atoms with Crippen molar-refractivity contribution in [1.82, 2.24) is 15.2 Å². The van der Waals surface area contributed by atoms with Crippen molar-refractivity contribution < 1.29 is 9.59 Å². The highest BCUT2D eigenvalue weighted by atomic mass is 16.2. The second-order valence-corrected chi connectivity index (χ2v) is 8.50. The van der Waals surface area contributed by atoms with Gasteiger partial charge >= 0.3 is 0 Å². The molecule has 1 aromatic heterocycles. The normalized spacial score (nSPS) is 19.1. The van der Waals surface area contributed by atoms with Crippen molar-refractivity contribution in [1.29, 1.82) is 5.26 Å². The molecule has 6 nitrogen and oxygen atoms in total. The summed E-state index contributed by atoms with van der Waals surface area (Å²) in [5.41, 5.74) is 2.58. The Morgan fingerprint density at radius 3 is 2.56 bits per heavy atom. The lowest BCUT2D eigenvalue weighted by molar-refractivity contribution is -0.127. The fraction of sp³-hybridized carbons (Fsp3) is 0.346. The Bertz CT molecular complexity index is 1150. The number of carbonyl (C=O) groups is 2. The molecular weight excluding hydrogens is 400 g/mol. The Morgan fingerprint density at radius 1 is 1.09 bits per heavy atom. The summed E-state index contributed by atoms with van der Waals surface area (Å²) >= 11 is 0. The molecule has 1 aliphatic rings. The number of rotatable bonds is 6. The standard InChI is InChI=1S/C26H28N4O2/c1-30-23-14-8-5-11-19(23)16-24(30)26(32)29-22-13-7-6-12-21(22)25(31)28-20(17-27)15-18-9-3-2-4-10-18/h2-5,8-11,14,16,20-22H,6-7,12-13,15H2,1H3,(H,28,31)(H,29,32)/t20-,21+,22-/m0/s1. The summed E-state index contributed by atoms with van der Waals surface area (Å²) in [6.07, 6.45) is 3.83. The molecule has 1 saturated carbocycles. The first-order chi connectivity index (χ1) is 15.6. The van der Waals surface area contributed by atoms with Crippen LogP contribution in [0.5, 0.6) is 0 Å². The number of amides is 2. The molecule has 1 aliphatic carbocycles. The molecule has 1 heterocycles. The average Bonchev–Trinajstić information content (AvgIpc) is 3.16. The summed E-state index contributed by atoms with van der Waals surface area (Å²) < 4.78 is 1.88. The fourth-order valence-electron chi connectivity index (χ4n) is 4.62. The zero-order chi connectivity index (χ0) is 22.5. The van der Waals surface area contributed by atoms with Gasteiger partial charge in [0.2, 0.25) is 5.91 Å². The molecule has 32 heavy (non-hydrogen) atoms. The summed E-state index contributed by atoms with van der Waals surface area (Å²) in [5, 5.41) is 16.6. The van der Waals surface area contributed by atoms with Gasteiger partial charge in [-0.25, -0.2) is 0 Å². The van der Waals surface area contributed by atoms with Gasteiger partial charge in [0.1, 0.15) is 11.7 Å². The molecule has 4 rings (SSSR count). The molecule has 6 heteroatoms. The van der Waals surface area contributed by atoms with Crippen LogP contribution >= 0.6 is 0 Å². The Balaban J connectivity index is 1.44. The topological polar surface area (TPSA) is 86.9 Å². The van der Waals surface area contributed by atoms with Crippen molar-refractivity contribution in [2.45, 2.75) is 44.2 Å². The summed E-state index contributed by atoms with van der Waals surface area (Å²) in [6, 6.07) is 20.8. The number of hydrogen-bond donors (Lipinski definition) is 2. The maximum absolute atomic E-state index is 13.1. The van der Waals surface area contributed by atoms with Crippen LogP contribution in [0.3, 0.4) is 0 Å². The quantitative estimate of drug-likeness (QED) is 0.627. The molecule has 3 atom stereocenters. The third-order valence-electron chi connectivity index (χ3n) is 6.36. The van der Waals surface area contributed by atoms with Gasteiger partial charge in [-0.1, -0.05) is 61.4 Å². The molecule has 0 bridgehead atoms. The average molecular weight is 429 g/mol. The van der Waals surface area contributed by atoms with Gasteiger partial charge in [0.05, 0.1) is 12.0 Å². The largest absolute Gasteiger partial charge is 0.347 e. The zero-order valence-corrected chi connectivity index (χ0v) is 18.3. The molecule has 1 fully saturated rings. The van der Waals surface area contributed by atoms with Crippen molar-refractivity contribution in [3.8, 4) is 6.07 Å². The smallest absolute Gasteiger partial charge is 0.268 e. The van der Waals surface area contributed by atoms with Gasteiger partial charge < -0.3 is 15.2 Å². The van der Waals surface area contributed by atoms with Crippen molar-refractivity contribution in [2.24, 2.45) is 13.0 Å². The van der Waals surface area contributed by atoms with E-state index in [9.17, 15) is 14.9 Å². The van der Waals surface area contributed by atoms with Crippen molar-refractivity contribution in [2.75, 3.05) is 0 Å². The van der Waals surface area contributed by atoms with Crippen molar-refractivity contribution in [3.63, 3.8) is 0 Å². The van der Waals surface area contributed by atoms with Crippen LogP contribution in [0.25, 0.3) is 10.9 Å². The van der Waals surface area contributed by atoms with Crippen LogP contribution in [0.2, 0.25) is 0 Å². The summed E-state index contributed by atoms with van der Waals surface area (Å²) in [7, 11) is 1.88. The lowest BCUT2D eigenvalue weighted by Gasteiger charge is -2.31. The highest BCUT2D eigenvalue weighted by Crippen LogP contribution is 2.26. The number of para-hydroxylation sites is 1. The second-order valence-electron chi connectivity index (χ2n) is 8.50. The number of aryl methyl sites for hydroxylation is 1. The second kappa shape index (κ2) is 9.69. The van der Waals surface area contributed by atoms with Crippen LogP contribution in [-0.2, 0) is 18.3 Å². The lowest BCUT2D eigenvalue weighted by Crippen LogP contribution is -2.50. The Kier molecular flexibility index (Phi) is 6.55. The van der Waals surface area contributed by atoms with E-state index in [-0.39, 0.29) is 23.8 Å². The van der Waals surface area contributed by atoms with E-state index in [1.54, 1.807) is 0 Å². The predicted octanol–water partition coefficient (Wildman–Crippen LogP) is 3.72. The number of aromatic nitrogens is 1. The molecule has 0 radical (unpaired) electrons. The molecule has 2 aromatic carbocycles. The third-order valence-corrected chi connectivity index (χ3v) is 6.36.